The van der Waals surface area contributed by atoms with Crippen LogP contribution in [0.3, 0.4) is 0 Å². The van der Waals surface area contributed by atoms with Gasteiger partial charge in [0.25, 0.3) is 0 Å². The molecule has 1 heterocycles. The number of hydrogen-bond donors (Lipinski definition) is 0. The van der Waals surface area contributed by atoms with E-state index in [4.69, 9.17) is 4.74 Å². The van der Waals surface area contributed by atoms with Gasteiger partial charge in [0, 0.05) is 17.0 Å². The van der Waals surface area contributed by atoms with Crippen LogP contribution in [0.5, 0.6) is 0 Å². The first-order valence-corrected chi connectivity index (χ1v) is 6.66. The van der Waals surface area contributed by atoms with Crippen molar-refractivity contribution < 1.29 is 14.3 Å². The molecule has 0 unspecified atom stereocenters. The first kappa shape index (κ1) is 14.7. The van der Waals surface area contributed by atoms with E-state index in [1.165, 1.54) is 16.2 Å². The third kappa shape index (κ3) is 3.57. The predicted molar refractivity (Wildman–Crippen MR) is 73.7 cm³/mol. The van der Waals surface area contributed by atoms with Crippen LogP contribution in [0.15, 0.2) is 6.07 Å². The summed E-state index contributed by atoms with van der Waals surface area (Å²) in [7, 11) is 0. The molecule has 0 bridgehead atoms. The number of rotatable bonds is 3. The van der Waals surface area contributed by atoms with E-state index in [0.717, 1.165) is 11.2 Å². The van der Waals surface area contributed by atoms with Crippen LogP contribution in [-0.4, -0.2) is 24.5 Å². The zero-order chi connectivity index (χ0) is 13.9. The van der Waals surface area contributed by atoms with Crippen LogP contribution in [0.25, 0.3) is 0 Å². The van der Waals surface area contributed by atoms with E-state index < -0.39 is 11.7 Å². The van der Waals surface area contributed by atoms with E-state index in [0.29, 0.717) is 17.1 Å². The number of anilines is 1. The normalized spacial score (nSPS) is 11.2. The molecule has 0 saturated heterocycles. The van der Waals surface area contributed by atoms with E-state index in [1.807, 2.05) is 34.6 Å². The van der Waals surface area contributed by atoms with Crippen molar-refractivity contribution in [3.63, 3.8) is 0 Å². The van der Waals surface area contributed by atoms with Gasteiger partial charge < -0.3 is 4.74 Å². The van der Waals surface area contributed by atoms with Gasteiger partial charge in [-0.1, -0.05) is 0 Å². The Morgan fingerprint density at radius 1 is 1.50 bits per heavy atom. The second-order valence-electron chi connectivity index (χ2n) is 4.96. The van der Waals surface area contributed by atoms with Gasteiger partial charge in [0.15, 0.2) is 6.29 Å². The lowest BCUT2D eigenvalue weighted by Gasteiger charge is -2.26. The van der Waals surface area contributed by atoms with Gasteiger partial charge in [-0.2, -0.15) is 0 Å². The molecule has 1 rings (SSSR count). The second-order valence-corrected chi connectivity index (χ2v) is 6.19. The largest absolute Gasteiger partial charge is 0.443 e. The Labute approximate surface area is 112 Å². The highest BCUT2D eigenvalue weighted by Gasteiger charge is 2.25. The summed E-state index contributed by atoms with van der Waals surface area (Å²) in [6.45, 7) is 9.69. The van der Waals surface area contributed by atoms with Crippen molar-refractivity contribution in [2.75, 3.05) is 11.4 Å². The Morgan fingerprint density at radius 3 is 2.56 bits per heavy atom. The van der Waals surface area contributed by atoms with E-state index in [9.17, 15) is 9.59 Å². The molecule has 0 aliphatic carbocycles. The maximum absolute atomic E-state index is 12.1. The molecular formula is C13H19NO3S. The van der Waals surface area contributed by atoms with Crippen LogP contribution >= 0.6 is 11.3 Å². The van der Waals surface area contributed by atoms with Gasteiger partial charge in [-0.25, -0.2) is 4.79 Å². The summed E-state index contributed by atoms with van der Waals surface area (Å²) in [5.41, 5.74) is -0.0109. The Bertz CT molecular complexity index is 446. The molecule has 0 atom stereocenters. The molecule has 4 nitrogen and oxygen atoms in total. The smallest absolute Gasteiger partial charge is 0.415 e. The summed E-state index contributed by atoms with van der Waals surface area (Å²) in [6.07, 6.45) is 0.348. The van der Waals surface area contributed by atoms with Crippen LogP contribution in [0.2, 0.25) is 0 Å². The van der Waals surface area contributed by atoms with Crippen LogP contribution in [0.4, 0.5) is 9.80 Å². The molecular weight excluding hydrogens is 250 g/mol. The summed E-state index contributed by atoms with van der Waals surface area (Å²) in [6, 6.07) is 1.78. The van der Waals surface area contributed by atoms with Crippen molar-refractivity contribution in [2.24, 2.45) is 0 Å². The summed E-state index contributed by atoms with van der Waals surface area (Å²) in [4.78, 5) is 25.5. The van der Waals surface area contributed by atoms with E-state index in [-0.39, 0.29) is 0 Å². The van der Waals surface area contributed by atoms with Crippen LogP contribution in [-0.2, 0) is 4.74 Å². The zero-order valence-corrected chi connectivity index (χ0v) is 12.3. The molecule has 1 aromatic rings. The molecule has 0 aliphatic rings. The van der Waals surface area contributed by atoms with Gasteiger partial charge in [-0.3, -0.25) is 9.69 Å². The lowest BCUT2D eigenvalue weighted by atomic mass is 10.2. The molecule has 0 aromatic carbocycles. The van der Waals surface area contributed by atoms with Crippen molar-refractivity contribution >= 4 is 28.7 Å². The molecule has 1 aromatic heterocycles. The number of thiophene rings is 1. The maximum Gasteiger partial charge on any atom is 0.415 e. The molecule has 18 heavy (non-hydrogen) atoms. The molecule has 0 fully saturated rings. The first-order chi connectivity index (χ1) is 8.28. The Kier molecular flexibility index (Phi) is 4.51. The number of nitrogens with zero attached hydrogens (tertiary/aromatic N) is 1. The van der Waals surface area contributed by atoms with Crippen LogP contribution < -0.4 is 4.90 Å². The lowest BCUT2D eigenvalue weighted by Crippen LogP contribution is -2.36. The van der Waals surface area contributed by atoms with E-state index in [1.54, 1.807) is 6.07 Å². The summed E-state index contributed by atoms with van der Waals surface area (Å²) < 4.78 is 5.33. The van der Waals surface area contributed by atoms with Crippen molar-refractivity contribution in [3.05, 3.63) is 16.5 Å². The molecule has 100 valence electrons. The highest BCUT2D eigenvalue weighted by Crippen LogP contribution is 2.31. The Morgan fingerprint density at radius 2 is 2.11 bits per heavy atom. The van der Waals surface area contributed by atoms with Gasteiger partial charge in [-0.15, -0.1) is 11.3 Å². The molecule has 0 radical (unpaired) electrons. The SMILES string of the molecule is CCN(C(=O)OC(C)(C)C)c1sc(C)cc1C=O. The number of carbonyl (C=O) groups is 2. The van der Waals surface area contributed by atoms with Crippen molar-refractivity contribution in [2.45, 2.75) is 40.2 Å². The highest BCUT2D eigenvalue weighted by atomic mass is 32.1. The third-order valence-corrected chi connectivity index (χ3v) is 3.25. The Balaban J connectivity index is 3.02. The highest BCUT2D eigenvalue weighted by molar-refractivity contribution is 7.16. The topological polar surface area (TPSA) is 46.6 Å². The number of carbonyl (C=O) groups excluding carboxylic acids is 2. The standard InChI is InChI=1S/C13H19NO3S/c1-6-14(12(16)17-13(3,4)5)11-10(8-15)7-9(2)18-11/h7-8H,6H2,1-5H3. The maximum atomic E-state index is 12.1. The number of amides is 1. The summed E-state index contributed by atoms with van der Waals surface area (Å²) in [5, 5.41) is 0.652. The summed E-state index contributed by atoms with van der Waals surface area (Å²) >= 11 is 1.42. The fourth-order valence-electron chi connectivity index (χ4n) is 1.49. The quantitative estimate of drug-likeness (QED) is 0.787. The van der Waals surface area contributed by atoms with Gasteiger partial charge >= 0.3 is 6.09 Å². The number of aryl methyl sites for hydroxylation is 1. The summed E-state index contributed by atoms with van der Waals surface area (Å²) in [5.74, 6) is 0. The number of aldehydes is 1. The predicted octanol–water partition coefficient (Wildman–Crippen LogP) is 3.63. The Hall–Kier alpha value is -1.36. The molecule has 0 spiro atoms. The zero-order valence-electron chi connectivity index (χ0n) is 11.4. The molecule has 0 saturated carbocycles. The minimum Gasteiger partial charge on any atom is -0.443 e. The number of hydrogen-bond acceptors (Lipinski definition) is 4. The fourth-order valence-corrected chi connectivity index (χ4v) is 2.52. The minimum absolute atomic E-state index is 0.421. The van der Waals surface area contributed by atoms with E-state index in [2.05, 4.69) is 0 Å². The molecule has 1 amide bonds. The molecule has 5 heteroatoms. The van der Waals surface area contributed by atoms with Crippen molar-refractivity contribution in [1.82, 2.24) is 0 Å². The third-order valence-electron chi connectivity index (χ3n) is 2.17. The van der Waals surface area contributed by atoms with Crippen LogP contribution in [0, 0.1) is 6.92 Å². The van der Waals surface area contributed by atoms with Gasteiger partial charge in [0.1, 0.15) is 10.6 Å². The van der Waals surface area contributed by atoms with Crippen LogP contribution in [0.1, 0.15) is 42.9 Å². The average Bonchev–Trinajstić information content (AvgIpc) is 2.58. The molecule has 0 N–H and O–H groups in total. The van der Waals surface area contributed by atoms with Crippen molar-refractivity contribution in [3.8, 4) is 0 Å². The minimum atomic E-state index is -0.544. The first-order valence-electron chi connectivity index (χ1n) is 5.84. The fraction of sp³-hybridized carbons (Fsp3) is 0.538. The average molecular weight is 269 g/mol. The van der Waals surface area contributed by atoms with Gasteiger partial charge in [0.05, 0.1) is 0 Å². The van der Waals surface area contributed by atoms with E-state index >= 15 is 0 Å². The number of ether oxygens (including phenoxy) is 1. The second kappa shape index (κ2) is 5.52. The van der Waals surface area contributed by atoms with Crippen molar-refractivity contribution in [1.29, 1.82) is 0 Å². The lowest BCUT2D eigenvalue weighted by molar-refractivity contribution is 0.0583. The molecule has 0 aliphatic heterocycles. The van der Waals surface area contributed by atoms with Gasteiger partial charge in [0.2, 0.25) is 0 Å². The van der Waals surface area contributed by atoms with Gasteiger partial charge in [-0.05, 0) is 40.7 Å². The monoisotopic (exact) mass is 269 g/mol.